The highest BCUT2D eigenvalue weighted by molar-refractivity contribution is 6.00. The lowest BCUT2D eigenvalue weighted by Gasteiger charge is -2.26. The number of aromatic nitrogens is 1. The van der Waals surface area contributed by atoms with E-state index in [-0.39, 0.29) is 18.6 Å². The Hall–Kier alpha value is -6.83. The SMILES string of the molecule is CC(C)(C)OC(=O)N[C@@H](Cc1ccc(OCc2ccccc2)cc1)C(=O)N[C@@H](CC(N)=O)C(=O)N[C@@H](Cc1c[nH]c2ccccc12)C(=O)Nc1ccc(O)cc1. The quantitative estimate of drug-likeness (QED) is 0.0704. The smallest absolute Gasteiger partial charge is 0.408 e. The maximum absolute atomic E-state index is 13.9. The molecule has 5 rings (SSSR count). The molecular weight excluding hydrogens is 716 g/mol. The Labute approximate surface area is 324 Å². The number of para-hydroxylation sites is 1. The normalized spacial score (nSPS) is 12.8. The highest BCUT2D eigenvalue weighted by atomic mass is 16.6. The lowest BCUT2D eigenvalue weighted by Crippen LogP contribution is -2.58. The number of hydrogen-bond acceptors (Lipinski definition) is 8. The minimum Gasteiger partial charge on any atom is -0.508 e. The summed E-state index contributed by atoms with van der Waals surface area (Å²) in [6.45, 7) is 5.38. The van der Waals surface area contributed by atoms with E-state index in [4.69, 9.17) is 15.2 Å². The van der Waals surface area contributed by atoms with Crippen LogP contribution < -0.4 is 31.7 Å². The topological polar surface area (TPSA) is 214 Å². The molecule has 5 aromatic rings. The van der Waals surface area contributed by atoms with Gasteiger partial charge >= 0.3 is 6.09 Å². The number of aromatic hydroxyl groups is 1. The molecule has 56 heavy (non-hydrogen) atoms. The van der Waals surface area contributed by atoms with Gasteiger partial charge in [0.25, 0.3) is 0 Å². The highest BCUT2D eigenvalue weighted by Gasteiger charge is 2.32. The monoisotopic (exact) mass is 762 g/mol. The molecule has 0 bridgehead atoms. The number of carbonyl (C=O) groups excluding carboxylic acids is 5. The third-order valence-electron chi connectivity index (χ3n) is 8.52. The number of H-pyrrole nitrogens is 1. The Morgan fingerprint density at radius 3 is 2.02 bits per heavy atom. The molecule has 0 aliphatic rings. The number of aromatic amines is 1. The molecule has 14 nitrogen and oxygen atoms in total. The van der Waals surface area contributed by atoms with Crippen LogP contribution in [0, 0.1) is 0 Å². The highest BCUT2D eigenvalue weighted by Crippen LogP contribution is 2.21. The molecular formula is C42H46N6O8. The van der Waals surface area contributed by atoms with Crippen molar-refractivity contribution in [2.75, 3.05) is 5.32 Å². The van der Waals surface area contributed by atoms with Gasteiger partial charge in [-0.2, -0.15) is 0 Å². The van der Waals surface area contributed by atoms with Crippen molar-refractivity contribution in [1.29, 1.82) is 0 Å². The Morgan fingerprint density at radius 2 is 1.34 bits per heavy atom. The first-order valence-corrected chi connectivity index (χ1v) is 18.0. The van der Waals surface area contributed by atoms with Gasteiger partial charge in [-0.25, -0.2) is 4.79 Å². The van der Waals surface area contributed by atoms with Crippen LogP contribution in [-0.2, 0) is 43.4 Å². The Bertz CT molecular complexity index is 2130. The average molecular weight is 763 g/mol. The molecule has 5 amide bonds. The number of ether oxygens (including phenoxy) is 2. The number of amides is 5. The summed E-state index contributed by atoms with van der Waals surface area (Å²) in [4.78, 5) is 69.9. The Kier molecular flexibility index (Phi) is 13.3. The van der Waals surface area contributed by atoms with Gasteiger partial charge in [-0.05, 0) is 79.9 Å². The number of nitrogens with one attached hydrogen (secondary N) is 5. The first kappa shape index (κ1) is 40.4. The van der Waals surface area contributed by atoms with Gasteiger partial charge in [0, 0.05) is 35.6 Å². The molecule has 14 heteroatoms. The van der Waals surface area contributed by atoms with E-state index in [1.165, 1.54) is 24.3 Å². The number of phenols is 1. The zero-order valence-electron chi connectivity index (χ0n) is 31.3. The number of rotatable bonds is 16. The maximum Gasteiger partial charge on any atom is 0.408 e. The second-order valence-electron chi connectivity index (χ2n) is 14.2. The van der Waals surface area contributed by atoms with Crippen LogP contribution in [0.5, 0.6) is 11.5 Å². The molecule has 0 fully saturated rings. The van der Waals surface area contributed by atoms with E-state index in [1.54, 1.807) is 51.2 Å². The molecule has 0 saturated heterocycles. The predicted octanol–water partition coefficient (Wildman–Crippen LogP) is 4.61. The molecule has 1 heterocycles. The number of phenolic OH excluding ortho intramolecular Hbond substituents is 1. The van der Waals surface area contributed by atoms with E-state index < -0.39 is 59.9 Å². The molecule has 292 valence electrons. The molecule has 0 aliphatic carbocycles. The first-order chi connectivity index (χ1) is 26.7. The van der Waals surface area contributed by atoms with Crippen molar-refractivity contribution in [2.45, 2.75) is 70.4 Å². The van der Waals surface area contributed by atoms with Crippen LogP contribution >= 0.6 is 0 Å². The zero-order valence-corrected chi connectivity index (χ0v) is 31.3. The van der Waals surface area contributed by atoms with Crippen LogP contribution in [-0.4, -0.2) is 63.5 Å². The largest absolute Gasteiger partial charge is 0.508 e. The van der Waals surface area contributed by atoms with E-state index in [9.17, 15) is 29.1 Å². The van der Waals surface area contributed by atoms with Gasteiger partial charge in [0.1, 0.15) is 41.8 Å². The number of nitrogens with two attached hydrogens (primary N) is 1. The van der Waals surface area contributed by atoms with E-state index in [0.29, 0.717) is 23.6 Å². The van der Waals surface area contributed by atoms with E-state index >= 15 is 0 Å². The number of anilines is 1. The molecule has 8 N–H and O–H groups in total. The summed E-state index contributed by atoms with van der Waals surface area (Å²) >= 11 is 0. The summed E-state index contributed by atoms with van der Waals surface area (Å²) in [7, 11) is 0. The first-order valence-electron chi connectivity index (χ1n) is 18.0. The van der Waals surface area contributed by atoms with E-state index in [2.05, 4.69) is 26.3 Å². The van der Waals surface area contributed by atoms with Crippen LogP contribution in [0.25, 0.3) is 10.9 Å². The molecule has 0 unspecified atom stereocenters. The van der Waals surface area contributed by atoms with Crippen LogP contribution in [0.2, 0.25) is 0 Å². The van der Waals surface area contributed by atoms with Gasteiger partial charge in [-0.15, -0.1) is 0 Å². The summed E-state index contributed by atoms with van der Waals surface area (Å²) in [5, 5.41) is 21.1. The second-order valence-corrected chi connectivity index (χ2v) is 14.2. The van der Waals surface area contributed by atoms with Gasteiger partial charge in [0.15, 0.2) is 0 Å². The lowest BCUT2D eigenvalue weighted by molar-refractivity contribution is -0.133. The molecule has 4 aromatic carbocycles. The summed E-state index contributed by atoms with van der Waals surface area (Å²) in [5.74, 6) is -2.56. The van der Waals surface area contributed by atoms with Crippen molar-refractivity contribution >= 4 is 46.3 Å². The molecule has 3 atom stereocenters. The summed E-state index contributed by atoms with van der Waals surface area (Å²) in [6, 6.07) is 25.9. The standard InChI is InChI=1S/C42H46N6O8/c1-42(2,3)56-41(54)48-34(21-26-13-19-31(20-14-26)55-25-27-9-5-4-6-10-27)39(52)47-36(23-37(43)50)40(53)46-35(38(51)45-29-15-17-30(49)18-16-29)22-28-24-44-33-12-8-7-11-32(28)33/h4-20,24,34-36,44,49H,21-23,25H2,1-3H3,(H2,43,50)(H,45,51)(H,46,53)(H,47,52)(H,48,54)/t34-,35-,36-/m0/s1. The Balaban J connectivity index is 1.34. The second kappa shape index (κ2) is 18.5. The lowest BCUT2D eigenvalue weighted by atomic mass is 10.0. The average Bonchev–Trinajstić information content (AvgIpc) is 3.56. The number of carbonyl (C=O) groups is 5. The molecule has 0 spiro atoms. The minimum atomic E-state index is -1.52. The third kappa shape index (κ3) is 12.1. The zero-order chi connectivity index (χ0) is 40.2. The molecule has 0 saturated carbocycles. The van der Waals surface area contributed by atoms with Crippen LogP contribution in [0.15, 0.2) is 109 Å². The van der Waals surface area contributed by atoms with Crippen molar-refractivity contribution < 1.29 is 38.6 Å². The fraction of sp³-hybridized carbons (Fsp3) is 0.262. The summed E-state index contributed by atoms with van der Waals surface area (Å²) in [5.41, 5.74) is 8.20. The van der Waals surface area contributed by atoms with Gasteiger partial charge in [0.2, 0.25) is 23.6 Å². The number of benzene rings is 4. The van der Waals surface area contributed by atoms with Gasteiger partial charge in [-0.3, -0.25) is 19.2 Å². The fourth-order valence-corrected chi connectivity index (χ4v) is 5.82. The number of hydrogen-bond donors (Lipinski definition) is 7. The van der Waals surface area contributed by atoms with Crippen LogP contribution in [0.4, 0.5) is 10.5 Å². The number of primary amides is 1. The third-order valence-corrected chi connectivity index (χ3v) is 8.52. The van der Waals surface area contributed by atoms with Crippen molar-refractivity contribution in [2.24, 2.45) is 5.73 Å². The van der Waals surface area contributed by atoms with Gasteiger partial charge < -0.3 is 46.6 Å². The molecule has 1 aromatic heterocycles. The summed E-state index contributed by atoms with van der Waals surface area (Å²) in [6.07, 6.45) is 0.262. The van der Waals surface area contributed by atoms with Crippen LogP contribution in [0.3, 0.4) is 0 Å². The predicted molar refractivity (Wildman–Crippen MR) is 210 cm³/mol. The van der Waals surface area contributed by atoms with Gasteiger partial charge in [-0.1, -0.05) is 60.7 Å². The van der Waals surface area contributed by atoms with Crippen molar-refractivity contribution in [1.82, 2.24) is 20.9 Å². The van der Waals surface area contributed by atoms with Crippen molar-refractivity contribution in [3.05, 3.63) is 126 Å². The van der Waals surface area contributed by atoms with E-state index in [1.807, 2.05) is 54.6 Å². The van der Waals surface area contributed by atoms with Crippen LogP contribution in [0.1, 0.15) is 43.9 Å². The number of fused-ring (bicyclic) bond motifs is 1. The fourth-order valence-electron chi connectivity index (χ4n) is 5.82. The minimum absolute atomic E-state index is 0.000934. The molecule has 0 radical (unpaired) electrons. The summed E-state index contributed by atoms with van der Waals surface area (Å²) < 4.78 is 11.3. The van der Waals surface area contributed by atoms with Crippen molar-refractivity contribution in [3.8, 4) is 11.5 Å². The maximum atomic E-state index is 13.9. The Morgan fingerprint density at radius 1 is 0.714 bits per heavy atom. The number of alkyl carbamates (subject to hydrolysis) is 1. The van der Waals surface area contributed by atoms with Gasteiger partial charge in [0.05, 0.1) is 6.42 Å². The van der Waals surface area contributed by atoms with Crippen molar-refractivity contribution in [3.63, 3.8) is 0 Å². The van der Waals surface area contributed by atoms with E-state index in [0.717, 1.165) is 22.0 Å². The molecule has 0 aliphatic heterocycles.